The highest BCUT2D eigenvalue weighted by Gasteiger charge is 2.04. The van der Waals surface area contributed by atoms with E-state index in [2.05, 4.69) is 4.98 Å². The number of hydrogen-bond donors (Lipinski definition) is 0. The number of imidazole rings is 1. The van der Waals surface area contributed by atoms with Crippen LogP contribution in [0.5, 0.6) is 11.5 Å². The highest BCUT2D eigenvalue weighted by atomic mass is 32.2. The van der Waals surface area contributed by atoms with Crippen molar-refractivity contribution in [2.45, 2.75) is 12.1 Å². The molecular formula is C14H18N2O2S. The van der Waals surface area contributed by atoms with Crippen LogP contribution in [0.1, 0.15) is 6.92 Å². The van der Waals surface area contributed by atoms with Gasteiger partial charge in [-0.05, 0) is 19.1 Å². The molecular weight excluding hydrogens is 260 g/mol. The number of aryl methyl sites for hydroxylation is 1. The van der Waals surface area contributed by atoms with E-state index in [1.165, 1.54) is 0 Å². The van der Waals surface area contributed by atoms with Crippen LogP contribution in [0, 0.1) is 0 Å². The lowest BCUT2D eigenvalue weighted by Crippen LogP contribution is -2.03. The van der Waals surface area contributed by atoms with Gasteiger partial charge < -0.3 is 14.0 Å². The lowest BCUT2D eigenvalue weighted by atomic mass is 10.3. The first kappa shape index (κ1) is 13.8. The molecule has 1 heterocycles. The Balaban J connectivity index is 1.81. The van der Waals surface area contributed by atoms with Crippen molar-refractivity contribution in [1.29, 1.82) is 0 Å². The van der Waals surface area contributed by atoms with E-state index in [4.69, 9.17) is 9.47 Å². The first-order valence-corrected chi connectivity index (χ1v) is 7.24. The van der Waals surface area contributed by atoms with E-state index >= 15 is 0 Å². The molecule has 1 aromatic carbocycles. The first-order chi connectivity index (χ1) is 9.31. The molecule has 0 saturated heterocycles. The number of ether oxygens (including phenoxy) is 2. The van der Waals surface area contributed by atoms with E-state index in [0.717, 1.165) is 22.4 Å². The zero-order valence-corrected chi connectivity index (χ0v) is 12.0. The van der Waals surface area contributed by atoms with Gasteiger partial charge in [0.2, 0.25) is 0 Å². The summed E-state index contributed by atoms with van der Waals surface area (Å²) >= 11 is 1.68. The second-order valence-corrected chi connectivity index (χ2v) is 4.96. The third-order valence-electron chi connectivity index (χ3n) is 2.50. The smallest absolute Gasteiger partial charge is 0.167 e. The van der Waals surface area contributed by atoms with E-state index in [9.17, 15) is 0 Å². The van der Waals surface area contributed by atoms with Crippen LogP contribution >= 0.6 is 11.8 Å². The molecule has 0 aliphatic rings. The van der Waals surface area contributed by atoms with Crippen LogP contribution in [0.4, 0.5) is 0 Å². The Morgan fingerprint density at radius 2 is 1.95 bits per heavy atom. The second kappa shape index (κ2) is 7.09. The van der Waals surface area contributed by atoms with Gasteiger partial charge >= 0.3 is 0 Å². The van der Waals surface area contributed by atoms with E-state index in [0.29, 0.717) is 13.2 Å². The van der Waals surface area contributed by atoms with E-state index in [1.54, 1.807) is 18.0 Å². The van der Waals surface area contributed by atoms with Crippen molar-refractivity contribution in [3.8, 4) is 11.5 Å². The highest BCUT2D eigenvalue weighted by molar-refractivity contribution is 7.99. The quantitative estimate of drug-likeness (QED) is 0.576. The first-order valence-electron chi connectivity index (χ1n) is 6.26. The minimum atomic E-state index is 0.627. The number of rotatable bonds is 7. The van der Waals surface area contributed by atoms with Crippen LogP contribution in [0.25, 0.3) is 0 Å². The molecule has 0 saturated carbocycles. The Hall–Kier alpha value is -1.62. The predicted octanol–water partition coefficient (Wildman–Crippen LogP) is 2.99. The zero-order valence-electron chi connectivity index (χ0n) is 11.2. The molecule has 5 heteroatoms. The van der Waals surface area contributed by atoms with Crippen LogP contribution in [0.3, 0.4) is 0 Å². The van der Waals surface area contributed by atoms with E-state index < -0.39 is 0 Å². The molecule has 0 amide bonds. The van der Waals surface area contributed by atoms with Gasteiger partial charge in [-0.3, -0.25) is 0 Å². The SMILES string of the molecule is CCOc1ccccc1OCCSc1nccn1C. The summed E-state index contributed by atoms with van der Waals surface area (Å²) in [6, 6.07) is 7.74. The topological polar surface area (TPSA) is 36.3 Å². The molecule has 19 heavy (non-hydrogen) atoms. The van der Waals surface area contributed by atoms with Crippen molar-refractivity contribution < 1.29 is 9.47 Å². The Kier molecular flexibility index (Phi) is 5.15. The summed E-state index contributed by atoms with van der Waals surface area (Å²) in [5.41, 5.74) is 0. The standard InChI is InChI=1S/C14H18N2O2S/c1-3-17-12-6-4-5-7-13(12)18-10-11-19-14-15-8-9-16(14)2/h4-9H,3,10-11H2,1-2H3. The minimum absolute atomic E-state index is 0.627. The number of nitrogens with zero attached hydrogens (tertiary/aromatic N) is 2. The van der Waals surface area contributed by atoms with Gasteiger partial charge in [-0.15, -0.1) is 0 Å². The molecule has 0 N–H and O–H groups in total. The summed E-state index contributed by atoms with van der Waals surface area (Å²) in [6.07, 6.45) is 3.74. The molecule has 0 radical (unpaired) electrons. The van der Waals surface area contributed by atoms with Crippen LogP contribution in [-0.4, -0.2) is 28.5 Å². The summed E-state index contributed by atoms with van der Waals surface area (Å²) in [5.74, 6) is 2.45. The van der Waals surface area contributed by atoms with Gasteiger partial charge in [-0.2, -0.15) is 0 Å². The number of aromatic nitrogens is 2. The lowest BCUT2D eigenvalue weighted by molar-refractivity contribution is 0.289. The minimum Gasteiger partial charge on any atom is -0.490 e. The van der Waals surface area contributed by atoms with Gasteiger partial charge in [0, 0.05) is 25.2 Å². The monoisotopic (exact) mass is 278 g/mol. The molecule has 0 spiro atoms. The fraction of sp³-hybridized carbons (Fsp3) is 0.357. The van der Waals surface area contributed by atoms with Gasteiger partial charge in [0.15, 0.2) is 16.7 Å². The van der Waals surface area contributed by atoms with E-state index in [1.807, 2.05) is 49.0 Å². The molecule has 0 aliphatic carbocycles. The molecule has 102 valence electrons. The van der Waals surface area contributed by atoms with Crippen LogP contribution in [0.2, 0.25) is 0 Å². The van der Waals surface area contributed by atoms with Crippen molar-refractivity contribution >= 4 is 11.8 Å². The largest absolute Gasteiger partial charge is 0.490 e. The fourth-order valence-corrected chi connectivity index (χ4v) is 2.37. The molecule has 2 aromatic rings. The number of benzene rings is 1. The summed E-state index contributed by atoms with van der Waals surface area (Å²) < 4.78 is 13.3. The van der Waals surface area contributed by atoms with Crippen LogP contribution < -0.4 is 9.47 Å². The average molecular weight is 278 g/mol. The summed E-state index contributed by atoms with van der Waals surface area (Å²) in [6.45, 7) is 3.23. The predicted molar refractivity (Wildman–Crippen MR) is 77.0 cm³/mol. The maximum absolute atomic E-state index is 5.74. The highest BCUT2D eigenvalue weighted by Crippen LogP contribution is 2.26. The number of hydrogen-bond acceptors (Lipinski definition) is 4. The van der Waals surface area contributed by atoms with Gasteiger partial charge in [-0.1, -0.05) is 23.9 Å². The van der Waals surface area contributed by atoms with Gasteiger partial charge in [0.25, 0.3) is 0 Å². The van der Waals surface area contributed by atoms with Gasteiger partial charge in [-0.25, -0.2) is 4.98 Å². The molecule has 1 aromatic heterocycles. The summed E-state index contributed by atoms with van der Waals surface area (Å²) in [5, 5.41) is 1.00. The Bertz CT molecular complexity index is 514. The number of thioether (sulfide) groups is 1. The van der Waals surface area contributed by atoms with Crippen molar-refractivity contribution in [3.05, 3.63) is 36.7 Å². The Morgan fingerprint density at radius 3 is 2.58 bits per heavy atom. The van der Waals surface area contributed by atoms with Crippen molar-refractivity contribution in [1.82, 2.24) is 9.55 Å². The molecule has 0 atom stereocenters. The molecule has 2 rings (SSSR count). The summed E-state index contributed by atoms with van der Waals surface area (Å²) in [4.78, 5) is 4.25. The normalized spacial score (nSPS) is 10.4. The third kappa shape index (κ3) is 3.92. The lowest BCUT2D eigenvalue weighted by Gasteiger charge is -2.11. The van der Waals surface area contributed by atoms with Gasteiger partial charge in [0.1, 0.15) is 0 Å². The maximum atomic E-state index is 5.74. The molecule has 0 fully saturated rings. The van der Waals surface area contributed by atoms with E-state index in [-0.39, 0.29) is 0 Å². The summed E-state index contributed by atoms with van der Waals surface area (Å²) in [7, 11) is 1.99. The molecule has 0 aliphatic heterocycles. The fourth-order valence-electron chi connectivity index (χ4n) is 1.62. The second-order valence-electron chi connectivity index (χ2n) is 3.90. The molecule has 0 bridgehead atoms. The van der Waals surface area contributed by atoms with Crippen LogP contribution in [0.15, 0.2) is 41.8 Å². The van der Waals surface area contributed by atoms with Crippen molar-refractivity contribution in [2.24, 2.45) is 7.05 Å². The average Bonchev–Trinajstić information content (AvgIpc) is 2.82. The molecule has 4 nitrogen and oxygen atoms in total. The maximum Gasteiger partial charge on any atom is 0.167 e. The Labute approximate surface area is 117 Å². The number of para-hydroxylation sites is 2. The Morgan fingerprint density at radius 1 is 1.21 bits per heavy atom. The third-order valence-corrected chi connectivity index (χ3v) is 3.52. The van der Waals surface area contributed by atoms with Crippen molar-refractivity contribution in [2.75, 3.05) is 19.0 Å². The zero-order chi connectivity index (χ0) is 13.5. The van der Waals surface area contributed by atoms with Crippen molar-refractivity contribution in [3.63, 3.8) is 0 Å². The molecule has 0 unspecified atom stereocenters. The van der Waals surface area contributed by atoms with Gasteiger partial charge in [0.05, 0.1) is 13.2 Å². The van der Waals surface area contributed by atoms with Crippen LogP contribution in [-0.2, 0) is 7.05 Å².